The monoisotopic (exact) mass is 316 g/mol. The van der Waals surface area contributed by atoms with Crippen LogP contribution in [0.4, 0.5) is 15.8 Å². The minimum Gasteiger partial charge on any atom is -0.508 e. The number of ether oxygens (including phenoxy) is 1. The standard InChI is InChI=1S/C17H17FN2O3/c18-14-11-12(21)5-6-13(14)17(22)19-15-3-1-2-4-16(15)20-7-9-23-10-8-20/h1-6,11,21H,7-10H2,(H,19,22). The predicted molar refractivity (Wildman–Crippen MR) is 85.5 cm³/mol. The molecule has 0 saturated carbocycles. The summed E-state index contributed by atoms with van der Waals surface area (Å²) in [6.45, 7) is 2.74. The van der Waals surface area contributed by atoms with Crippen LogP contribution in [-0.4, -0.2) is 37.3 Å². The number of hydrogen-bond donors (Lipinski definition) is 2. The van der Waals surface area contributed by atoms with Gasteiger partial charge in [-0.2, -0.15) is 0 Å². The molecule has 23 heavy (non-hydrogen) atoms. The van der Waals surface area contributed by atoms with Crippen LogP contribution in [0.2, 0.25) is 0 Å². The van der Waals surface area contributed by atoms with Crippen molar-refractivity contribution < 1.29 is 19.0 Å². The highest BCUT2D eigenvalue weighted by Crippen LogP contribution is 2.27. The van der Waals surface area contributed by atoms with E-state index in [1.54, 1.807) is 6.07 Å². The van der Waals surface area contributed by atoms with Crippen molar-refractivity contribution in [3.8, 4) is 5.75 Å². The number of aromatic hydroxyl groups is 1. The van der Waals surface area contributed by atoms with Crippen molar-refractivity contribution in [1.82, 2.24) is 0 Å². The topological polar surface area (TPSA) is 61.8 Å². The molecule has 2 N–H and O–H groups in total. The van der Waals surface area contributed by atoms with Gasteiger partial charge in [-0.25, -0.2) is 4.39 Å². The molecule has 1 heterocycles. The average molecular weight is 316 g/mol. The quantitative estimate of drug-likeness (QED) is 0.914. The summed E-state index contributed by atoms with van der Waals surface area (Å²) in [5.41, 5.74) is 1.38. The number of carbonyl (C=O) groups is 1. The largest absolute Gasteiger partial charge is 0.508 e. The van der Waals surface area contributed by atoms with Crippen molar-refractivity contribution in [2.24, 2.45) is 0 Å². The summed E-state index contributed by atoms with van der Waals surface area (Å²) in [5, 5.41) is 12.0. The Morgan fingerprint density at radius 1 is 1.17 bits per heavy atom. The van der Waals surface area contributed by atoms with Crippen LogP contribution in [0.15, 0.2) is 42.5 Å². The minimum absolute atomic E-state index is 0.111. The van der Waals surface area contributed by atoms with Crippen molar-refractivity contribution in [1.29, 1.82) is 0 Å². The van der Waals surface area contributed by atoms with Gasteiger partial charge in [-0.3, -0.25) is 4.79 Å². The zero-order chi connectivity index (χ0) is 16.2. The molecule has 5 nitrogen and oxygen atoms in total. The highest BCUT2D eigenvalue weighted by molar-refractivity contribution is 6.06. The van der Waals surface area contributed by atoms with Crippen LogP contribution in [0.25, 0.3) is 0 Å². The average Bonchev–Trinajstić information content (AvgIpc) is 2.56. The second kappa shape index (κ2) is 6.66. The molecular weight excluding hydrogens is 299 g/mol. The smallest absolute Gasteiger partial charge is 0.258 e. The molecule has 1 fully saturated rings. The molecule has 0 radical (unpaired) electrons. The fourth-order valence-electron chi connectivity index (χ4n) is 2.54. The SMILES string of the molecule is O=C(Nc1ccccc1N1CCOCC1)c1ccc(O)cc1F. The third-order valence-electron chi connectivity index (χ3n) is 3.70. The van der Waals surface area contributed by atoms with E-state index in [-0.39, 0.29) is 11.3 Å². The van der Waals surface area contributed by atoms with Gasteiger partial charge in [0.05, 0.1) is 30.2 Å². The number of morpholine rings is 1. The highest BCUT2D eigenvalue weighted by atomic mass is 19.1. The first-order chi connectivity index (χ1) is 11.1. The molecule has 2 aromatic carbocycles. The zero-order valence-corrected chi connectivity index (χ0v) is 12.5. The Hall–Kier alpha value is -2.60. The maximum atomic E-state index is 13.8. The molecule has 1 saturated heterocycles. The van der Waals surface area contributed by atoms with Crippen molar-refractivity contribution in [2.75, 3.05) is 36.5 Å². The van der Waals surface area contributed by atoms with Gasteiger partial charge < -0.3 is 20.1 Å². The number of halogens is 1. The zero-order valence-electron chi connectivity index (χ0n) is 12.5. The summed E-state index contributed by atoms with van der Waals surface area (Å²) in [6, 6.07) is 10.9. The Kier molecular flexibility index (Phi) is 4.43. The Bertz CT molecular complexity index is 715. The summed E-state index contributed by atoms with van der Waals surface area (Å²) in [5.74, 6) is -1.53. The van der Waals surface area contributed by atoms with Crippen molar-refractivity contribution in [3.05, 3.63) is 53.8 Å². The molecule has 0 atom stereocenters. The van der Waals surface area contributed by atoms with Crippen LogP contribution in [0, 0.1) is 5.82 Å². The van der Waals surface area contributed by atoms with E-state index in [9.17, 15) is 14.3 Å². The van der Waals surface area contributed by atoms with Gasteiger partial charge in [-0.15, -0.1) is 0 Å². The summed E-state index contributed by atoms with van der Waals surface area (Å²) >= 11 is 0. The number of hydrogen-bond acceptors (Lipinski definition) is 4. The number of carbonyl (C=O) groups excluding carboxylic acids is 1. The van der Waals surface area contributed by atoms with E-state index in [2.05, 4.69) is 10.2 Å². The molecule has 120 valence electrons. The number of benzene rings is 2. The third kappa shape index (κ3) is 3.43. The molecular formula is C17H17FN2O3. The number of phenols is 1. The molecule has 0 bridgehead atoms. The summed E-state index contributed by atoms with van der Waals surface area (Å²) < 4.78 is 19.1. The molecule has 2 aromatic rings. The summed E-state index contributed by atoms with van der Waals surface area (Å²) in [7, 11) is 0. The van der Waals surface area contributed by atoms with E-state index in [4.69, 9.17) is 4.74 Å². The fourth-order valence-corrected chi connectivity index (χ4v) is 2.54. The maximum absolute atomic E-state index is 13.8. The van der Waals surface area contributed by atoms with Gasteiger partial charge in [0.15, 0.2) is 0 Å². The van der Waals surface area contributed by atoms with Crippen LogP contribution in [0.1, 0.15) is 10.4 Å². The highest BCUT2D eigenvalue weighted by Gasteiger charge is 2.18. The Morgan fingerprint density at radius 2 is 1.91 bits per heavy atom. The lowest BCUT2D eigenvalue weighted by Crippen LogP contribution is -2.36. The van der Waals surface area contributed by atoms with E-state index in [1.807, 2.05) is 18.2 Å². The van der Waals surface area contributed by atoms with Crippen LogP contribution in [0.5, 0.6) is 5.75 Å². The Morgan fingerprint density at radius 3 is 2.65 bits per heavy atom. The van der Waals surface area contributed by atoms with Crippen LogP contribution in [-0.2, 0) is 4.74 Å². The van der Waals surface area contributed by atoms with E-state index >= 15 is 0 Å². The Balaban J connectivity index is 1.83. The number of rotatable bonds is 3. The summed E-state index contributed by atoms with van der Waals surface area (Å²) in [6.07, 6.45) is 0. The molecule has 0 unspecified atom stereocenters. The van der Waals surface area contributed by atoms with E-state index in [0.29, 0.717) is 18.9 Å². The number of para-hydroxylation sites is 2. The fraction of sp³-hybridized carbons (Fsp3) is 0.235. The minimum atomic E-state index is -0.758. The Labute approximate surface area is 133 Å². The summed E-state index contributed by atoms with van der Waals surface area (Å²) in [4.78, 5) is 14.4. The molecule has 1 amide bonds. The number of nitrogens with zero attached hydrogens (tertiary/aromatic N) is 1. The number of amides is 1. The number of nitrogens with one attached hydrogen (secondary N) is 1. The molecule has 0 aromatic heterocycles. The van der Waals surface area contributed by atoms with Crippen LogP contribution < -0.4 is 10.2 Å². The molecule has 3 rings (SSSR count). The molecule has 1 aliphatic rings. The normalized spacial score (nSPS) is 14.6. The van der Waals surface area contributed by atoms with Gasteiger partial charge >= 0.3 is 0 Å². The van der Waals surface area contributed by atoms with Crippen molar-refractivity contribution in [2.45, 2.75) is 0 Å². The van der Waals surface area contributed by atoms with E-state index in [1.165, 1.54) is 12.1 Å². The van der Waals surface area contributed by atoms with Gasteiger partial charge in [0.1, 0.15) is 11.6 Å². The molecule has 0 aliphatic carbocycles. The van der Waals surface area contributed by atoms with Gasteiger partial charge in [-0.05, 0) is 24.3 Å². The number of phenolic OH excluding ortho intramolecular Hbond substituents is 1. The van der Waals surface area contributed by atoms with Gasteiger partial charge in [0.25, 0.3) is 5.91 Å². The lowest BCUT2D eigenvalue weighted by Gasteiger charge is -2.30. The van der Waals surface area contributed by atoms with E-state index < -0.39 is 11.7 Å². The first-order valence-corrected chi connectivity index (χ1v) is 7.37. The van der Waals surface area contributed by atoms with Gasteiger partial charge in [0, 0.05) is 19.2 Å². The predicted octanol–water partition coefficient (Wildman–Crippen LogP) is 2.62. The molecule has 1 aliphatic heterocycles. The van der Waals surface area contributed by atoms with Gasteiger partial charge in [0.2, 0.25) is 0 Å². The van der Waals surface area contributed by atoms with Gasteiger partial charge in [-0.1, -0.05) is 12.1 Å². The van der Waals surface area contributed by atoms with Crippen LogP contribution >= 0.6 is 0 Å². The lowest BCUT2D eigenvalue weighted by atomic mass is 10.1. The second-order valence-electron chi connectivity index (χ2n) is 5.23. The molecule has 0 spiro atoms. The van der Waals surface area contributed by atoms with Crippen molar-refractivity contribution in [3.63, 3.8) is 0 Å². The molecule has 6 heteroatoms. The van der Waals surface area contributed by atoms with Crippen LogP contribution in [0.3, 0.4) is 0 Å². The first-order valence-electron chi connectivity index (χ1n) is 7.37. The second-order valence-corrected chi connectivity index (χ2v) is 5.23. The van der Waals surface area contributed by atoms with E-state index in [0.717, 1.165) is 24.8 Å². The third-order valence-corrected chi connectivity index (χ3v) is 3.70. The lowest BCUT2D eigenvalue weighted by molar-refractivity contribution is 0.102. The maximum Gasteiger partial charge on any atom is 0.258 e. The first kappa shape index (κ1) is 15.3. The van der Waals surface area contributed by atoms with Crippen molar-refractivity contribution >= 4 is 17.3 Å². The number of anilines is 2.